The Morgan fingerprint density at radius 1 is 1.28 bits per heavy atom. The minimum atomic E-state index is -4.81. The van der Waals surface area contributed by atoms with Gasteiger partial charge in [0.15, 0.2) is 0 Å². The van der Waals surface area contributed by atoms with E-state index in [0.717, 1.165) is 5.69 Å². The smallest absolute Gasteiger partial charge is 0.369 e. The molecule has 1 amide bonds. The largest absolute Gasteiger partial charge is 0.471 e. The minimum absolute atomic E-state index is 0.409. The molecule has 0 saturated carbocycles. The van der Waals surface area contributed by atoms with Crippen LogP contribution < -0.4 is 10.2 Å². The summed E-state index contributed by atoms with van der Waals surface area (Å²) in [4.78, 5) is 12.8. The van der Waals surface area contributed by atoms with Crippen LogP contribution in [0, 0.1) is 0 Å². The number of alkyl halides is 3. The van der Waals surface area contributed by atoms with Crippen LogP contribution in [-0.2, 0) is 4.79 Å². The molecule has 18 heavy (non-hydrogen) atoms. The van der Waals surface area contributed by atoms with E-state index in [0.29, 0.717) is 19.5 Å². The molecule has 1 aromatic rings. The average molecular weight is 258 g/mol. The van der Waals surface area contributed by atoms with Gasteiger partial charge >= 0.3 is 12.1 Å². The molecule has 1 unspecified atom stereocenters. The molecule has 1 aromatic carbocycles. The minimum Gasteiger partial charge on any atom is -0.369 e. The first-order valence-corrected chi connectivity index (χ1v) is 5.64. The van der Waals surface area contributed by atoms with Crippen molar-refractivity contribution in [3.05, 3.63) is 30.3 Å². The monoisotopic (exact) mass is 258 g/mol. The van der Waals surface area contributed by atoms with E-state index in [9.17, 15) is 18.0 Å². The lowest BCUT2D eigenvalue weighted by molar-refractivity contribution is -0.174. The van der Waals surface area contributed by atoms with Crippen molar-refractivity contribution in [3.63, 3.8) is 0 Å². The van der Waals surface area contributed by atoms with Gasteiger partial charge in [0.2, 0.25) is 0 Å². The van der Waals surface area contributed by atoms with Gasteiger partial charge in [-0.1, -0.05) is 18.2 Å². The van der Waals surface area contributed by atoms with Gasteiger partial charge in [0.1, 0.15) is 0 Å². The lowest BCUT2D eigenvalue weighted by Crippen LogP contribution is -2.44. The summed E-state index contributed by atoms with van der Waals surface area (Å²) in [5, 5.41) is 2.01. The summed E-state index contributed by atoms with van der Waals surface area (Å²) < 4.78 is 36.3. The summed E-state index contributed by atoms with van der Waals surface area (Å²) >= 11 is 0. The Morgan fingerprint density at radius 3 is 2.56 bits per heavy atom. The highest BCUT2D eigenvalue weighted by Gasteiger charge is 2.40. The van der Waals surface area contributed by atoms with Crippen molar-refractivity contribution in [3.8, 4) is 0 Å². The number of anilines is 1. The summed E-state index contributed by atoms with van der Waals surface area (Å²) in [5.74, 6) is -1.86. The van der Waals surface area contributed by atoms with Gasteiger partial charge in [-0.25, -0.2) is 0 Å². The summed E-state index contributed by atoms with van der Waals surface area (Å²) in [6.07, 6.45) is -4.28. The third-order valence-corrected chi connectivity index (χ3v) is 2.90. The van der Waals surface area contributed by atoms with Crippen LogP contribution in [0.4, 0.5) is 18.9 Å². The number of halogens is 3. The van der Waals surface area contributed by atoms with Crippen molar-refractivity contribution in [2.45, 2.75) is 18.6 Å². The third-order valence-electron chi connectivity index (χ3n) is 2.90. The van der Waals surface area contributed by atoms with Crippen molar-refractivity contribution in [1.29, 1.82) is 0 Å². The van der Waals surface area contributed by atoms with E-state index in [2.05, 4.69) is 0 Å². The quantitative estimate of drug-likeness (QED) is 0.879. The molecule has 0 aromatic heterocycles. The summed E-state index contributed by atoms with van der Waals surface area (Å²) in [5.41, 5.74) is 0.959. The molecule has 2 rings (SSSR count). The van der Waals surface area contributed by atoms with E-state index >= 15 is 0 Å². The van der Waals surface area contributed by atoms with Gasteiger partial charge in [-0.3, -0.25) is 4.79 Å². The fraction of sp³-hybridized carbons (Fsp3) is 0.417. The van der Waals surface area contributed by atoms with Gasteiger partial charge in [0, 0.05) is 24.8 Å². The van der Waals surface area contributed by atoms with Crippen molar-refractivity contribution in [2.24, 2.45) is 0 Å². The van der Waals surface area contributed by atoms with E-state index in [1.165, 1.54) is 0 Å². The number of para-hydroxylation sites is 1. The van der Waals surface area contributed by atoms with Crippen molar-refractivity contribution in [2.75, 3.05) is 18.0 Å². The zero-order valence-corrected chi connectivity index (χ0v) is 9.57. The fourth-order valence-corrected chi connectivity index (χ4v) is 2.02. The van der Waals surface area contributed by atoms with E-state index in [1.807, 2.05) is 40.5 Å². The highest BCUT2D eigenvalue weighted by Crippen LogP contribution is 2.21. The first-order valence-electron chi connectivity index (χ1n) is 5.64. The maximum absolute atomic E-state index is 12.1. The molecule has 0 aliphatic carbocycles. The number of nitrogens with one attached hydrogen (secondary N) is 1. The summed E-state index contributed by atoms with van der Waals surface area (Å²) in [6, 6.07) is 8.97. The molecule has 0 radical (unpaired) electrons. The molecule has 1 aliphatic heterocycles. The molecule has 0 spiro atoms. The van der Waals surface area contributed by atoms with Crippen LogP contribution >= 0.6 is 0 Å². The van der Waals surface area contributed by atoms with Crippen LogP contribution in [0.3, 0.4) is 0 Å². The van der Waals surface area contributed by atoms with Crippen LogP contribution in [0.5, 0.6) is 0 Å². The van der Waals surface area contributed by atoms with Crippen LogP contribution in [0.2, 0.25) is 0 Å². The van der Waals surface area contributed by atoms with Crippen molar-refractivity contribution < 1.29 is 18.0 Å². The topological polar surface area (TPSA) is 32.3 Å². The zero-order valence-electron chi connectivity index (χ0n) is 9.57. The molecule has 98 valence electrons. The molecule has 1 aliphatic rings. The molecule has 1 fully saturated rings. The number of amides is 1. The predicted octanol–water partition coefficient (Wildman–Crippen LogP) is 1.94. The van der Waals surface area contributed by atoms with E-state index in [4.69, 9.17) is 0 Å². The van der Waals surface area contributed by atoms with Crippen LogP contribution in [-0.4, -0.2) is 31.2 Å². The molecule has 0 bridgehead atoms. The van der Waals surface area contributed by atoms with E-state index < -0.39 is 18.1 Å². The van der Waals surface area contributed by atoms with Gasteiger partial charge in [-0.15, -0.1) is 0 Å². The number of hydrogen-bond donors (Lipinski definition) is 1. The molecule has 3 nitrogen and oxygen atoms in total. The fourth-order valence-electron chi connectivity index (χ4n) is 2.02. The second-order valence-electron chi connectivity index (χ2n) is 4.24. The van der Waals surface area contributed by atoms with Crippen molar-refractivity contribution in [1.82, 2.24) is 5.32 Å². The number of benzene rings is 1. The van der Waals surface area contributed by atoms with Crippen LogP contribution in [0.15, 0.2) is 30.3 Å². The molecule has 1 heterocycles. The van der Waals surface area contributed by atoms with Gasteiger partial charge in [-0.2, -0.15) is 13.2 Å². The molecular formula is C12H13F3N2O. The van der Waals surface area contributed by atoms with Gasteiger partial charge < -0.3 is 10.2 Å². The number of carbonyl (C=O) groups excluding carboxylic acids is 1. The maximum Gasteiger partial charge on any atom is 0.471 e. The van der Waals surface area contributed by atoms with E-state index in [1.54, 1.807) is 0 Å². The molecule has 1 N–H and O–H groups in total. The normalized spacial score (nSPS) is 19.9. The van der Waals surface area contributed by atoms with Gasteiger partial charge in [-0.05, 0) is 18.6 Å². The Kier molecular flexibility index (Phi) is 3.45. The lowest BCUT2D eigenvalue weighted by atomic mass is 10.2. The Labute approximate surface area is 103 Å². The van der Waals surface area contributed by atoms with Crippen molar-refractivity contribution >= 4 is 11.6 Å². The average Bonchev–Trinajstić information content (AvgIpc) is 2.77. The van der Waals surface area contributed by atoms with Gasteiger partial charge in [0.05, 0.1) is 0 Å². The predicted molar refractivity (Wildman–Crippen MR) is 61.3 cm³/mol. The maximum atomic E-state index is 12.1. The van der Waals surface area contributed by atoms with E-state index in [-0.39, 0.29) is 0 Å². The van der Waals surface area contributed by atoms with Gasteiger partial charge in [0.25, 0.3) is 0 Å². The Bertz CT molecular complexity index is 419. The van der Waals surface area contributed by atoms with Crippen LogP contribution in [0.25, 0.3) is 0 Å². The lowest BCUT2D eigenvalue weighted by Gasteiger charge is -2.19. The number of nitrogens with zero attached hydrogens (tertiary/aromatic N) is 1. The summed E-state index contributed by atoms with van der Waals surface area (Å²) in [6.45, 7) is 1.05. The Morgan fingerprint density at radius 2 is 1.94 bits per heavy atom. The second-order valence-corrected chi connectivity index (χ2v) is 4.24. The second kappa shape index (κ2) is 4.88. The molecule has 6 heteroatoms. The number of hydrogen-bond acceptors (Lipinski definition) is 2. The van der Waals surface area contributed by atoms with Crippen LogP contribution in [0.1, 0.15) is 6.42 Å². The summed E-state index contributed by atoms with van der Waals surface area (Å²) in [7, 11) is 0. The highest BCUT2D eigenvalue weighted by molar-refractivity contribution is 5.82. The molecule has 1 saturated heterocycles. The third kappa shape index (κ3) is 2.94. The first-order chi connectivity index (χ1) is 8.47. The Balaban J connectivity index is 1.92. The molecular weight excluding hydrogens is 245 g/mol. The molecule has 1 atom stereocenters. The Hall–Kier alpha value is -1.72. The SMILES string of the molecule is O=C(NC1CCN(c2ccccc2)C1)C(F)(F)F. The number of carbonyl (C=O) groups is 1. The zero-order chi connectivity index (χ0) is 13.2. The standard InChI is InChI=1S/C12H13F3N2O/c13-12(14,15)11(18)16-9-6-7-17(8-9)10-4-2-1-3-5-10/h1-5,9H,6-8H2,(H,16,18). The first kappa shape index (κ1) is 12.7. The highest BCUT2D eigenvalue weighted by atomic mass is 19.4. The number of rotatable bonds is 2.